The lowest BCUT2D eigenvalue weighted by Gasteiger charge is -2.46. The molecule has 0 N–H and O–H groups in total. The van der Waals surface area contributed by atoms with Gasteiger partial charge in [0.2, 0.25) is 0 Å². The zero-order valence-electron chi connectivity index (χ0n) is 24.4. The number of rotatable bonds is 24. The van der Waals surface area contributed by atoms with Gasteiger partial charge in [0.25, 0.3) is 0 Å². The second-order valence-electron chi connectivity index (χ2n) is 9.52. The number of hydrogen-bond donors (Lipinski definition) is 0. The van der Waals surface area contributed by atoms with Crippen LogP contribution in [0.2, 0.25) is 0 Å². The molecule has 4 heteroatoms. The van der Waals surface area contributed by atoms with E-state index in [2.05, 4.69) is 27.4 Å². The molecule has 0 bridgehead atoms. The van der Waals surface area contributed by atoms with Crippen molar-refractivity contribution in [2.75, 3.05) is 27.9 Å². The van der Waals surface area contributed by atoms with Crippen molar-refractivity contribution < 1.29 is 18.9 Å². The van der Waals surface area contributed by atoms with Gasteiger partial charge in [0.15, 0.2) is 0 Å². The molecule has 1 atom stereocenters. The quantitative estimate of drug-likeness (QED) is 0.0773. The fraction of sp³-hybridized carbons (Fsp3) is 0.933. The highest BCUT2D eigenvalue weighted by molar-refractivity contribution is 4.91. The second kappa shape index (κ2) is 25.7. The topological polar surface area (TPSA) is 36.9 Å². The summed E-state index contributed by atoms with van der Waals surface area (Å²) in [5, 5.41) is 0. The van der Waals surface area contributed by atoms with Crippen molar-refractivity contribution in [3.05, 3.63) is 12.7 Å². The average Bonchev–Trinajstić information content (AvgIpc) is 2.85. The molecule has 0 heterocycles. The van der Waals surface area contributed by atoms with E-state index >= 15 is 0 Å². The average molecular weight is 487 g/mol. The summed E-state index contributed by atoms with van der Waals surface area (Å²) >= 11 is 0. The molecule has 206 valence electrons. The van der Waals surface area contributed by atoms with E-state index in [1.165, 1.54) is 77.0 Å². The van der Waals surface area contributed by atoms with Gasteiger partial charge < -0.3 is 18.9 Å². The van der Waals surface area contributed by atoms with Crippen LogP contribution < -0.4 is 0 Å². The van der Waals surface area contributed by atoms with Crippen LogP contribution >= 0.6 is 0 Å². The molecule has 0 fully saturated rings. The molecule has 0 amide bonds. The Balaban J connectivity index is 0. The lowest BCUT2D eigenvalue weighted by Crippen LogP contribution is -2.60. The zero-order chi connectivity index (χ0) is 26.0. The molecule has 0 aromatic rings. The van der Waals surface area contributed by atoms with Gasteiger partial charge in [-0.3, -0.25) is 0 Å². The SMILES string of the molecule is C=CC.CCCCCCCCCCOC(CCCC)(CCCCCCCC)C(OC)(OC)OC. The molecule has 0 rings (SSSR count). The molecule has 4 nitrogen and oxygen atoms in total. The monoisotopic (exact) mass is 486 g/mol. The third-order valence-corrected chi connectivity index (χ3v) is 6.61. The van der Waals surface area contributed by atoms with Gasteiger partial charge in [-0.1, -0.05) is 123 Å². The molecule has 0 saturated carbocycles. The molecule has 0 aromatic carbocycles. The van der Waals surface area contributed by atoms with Crippen LogP contribution in [0, 0.1) is 0 Å². The van der Waals surface area contributed by atoms with E-state index in [0.717, 1.165) is 45.1 Å². The molecule has 0 spiro atoms. The summed E-state index contributed by atoms with van der Waals surface area (Å²) in [7, 11) is 5.03. The van der Waals surface area contributed by atoms with Gasteiger partial charge in [0.1, 0.15) is 5.60 Å². The molecular formula is C30H62O4. The van der Waals surface area contributed by atoms with E-state index in [-0.39, 0.29) is 0 Å². The molecular weight excluding hydrogens is 424 g/mol. The van der Waals surface area contributed by atoms with Crippen molar-refractivity contribution in [2.45, 2.75) is 155 Å². The molecule has 0 saturated heterocycles. The van der Waals surface area contributed by atoms with Crippen molar-refractivity contribution >= 4 is 0 Å². The first-order chi connectivity index (χ1) is 16.5. The summed E-state index contributed by atoms with van der Waals surface area (Å²) in [6, 6.07) is 0. The summed E-state index contributed by atoms with van der Waals surface area (Å²) in [6.07, 6.45) is 23.7. The predicted molar refractivity (Wildman–Crippen MR) is 148 cm³/mol. The fourth-order valence-corrected chi connectivity index (χ4v) is 4.63. The Labute approximate surface area is 214 Å². The Bertz CT molecular complexity index is 400. The predicted octanol–water partition coefficient (Wildman–Crippen LogP) is 9.61. The van der Waals surface area contributed by atoms with Crippen LogP contribution in [0.4, 0.5) is 0 Å². The van der Waals surface area contributed by atoms with Crippen molar-refractivity contribution in [1.29, 1.82) is 0 Å². The van der Waals surface area contributed by atoms with Gasteiger partial charge in [0, 0.05) is 27.9 Å². The Morgan fingerprint density at radius 1 is 0.559 bits per heavy atom. The van der Waals surface area contributed by atoms with Crippen molar-refractivity contribution in [3.8, 4) is 0 Å². The van der Waals surface area contributed by atoms with E-state index < -0.39 is 11.6 Å². The lowest BCUT2D eigenvalue weighted by atomic mass is 9.86. The highest BCUT2D eigenvalue weighted by Gasteiger charge is 2.54. The van der Waals surface area contributed by atoms with E-state index in [4.69, 9.17) is 18.9 Å². The summed E-state index contributed by atoms with van der Waals surface area (Å²) in [5.41, 5.74) is -0.562. The number of unbranched alkanes of at least 4 members (excludes halogenated alkanes) is 13. The Morgan fingerprint density at radius 2 is 0.912 bits per heavy atom. The molecule has 0 radical (unpaired) electrons. The van der Waals surface area contributed by atoms with Crippen LogP contribution in [0.3, 0.4) is 0 Å². The molecule has 0 aliphatic rings. The van der Waals surface area contributed by atoms with Gasteiger partial charge in [-0.2, -0.15) is 0 Å². The summed E-state index contributed by atoms with van der Waals surface area (Å²) < 4.78 is 24.2. The molecule has 0 aliphatic carbocycles. The van der Waals surface area contributed by atoms with Crippen LogP contribution in [0.1, 0.15) is 143 Å². The summed E-state index contributed by atoms with van der Waals surface area (Å²) in [4.78, 5) is 0. The van der Waals surface area contributed by atoms with E-state index in [1.807, 2.05) is 6.92 Å². The molecule has 0 aromatic heterocycles. The van der Waals surface area contributed by atoms with Crippen LogP contribution in [-0.4, -0.2) is 39.5 Å². The second-order valence-corrected chi connectivity index (χ2v) is 9.52. The lowest BCUT2D eigenvalue weighted by molar-refractivity contribution is -0.429. The fourth-order valence-electron chi connectivity index (χ4n) is 4.63. The molecule has 1 unspecified atom stereocenters. The highest BCUT2D eigenvalue weighted by atomic mass is 16.9. The van der Waals surface area contributed by atoms with Gasteiger partial charge in [-0.05, 0) is 26.2 Å². The van der Waals surface area contributed by atoms with Gasteiger partial charge >= 0.3 is 5.97 Å². The third kappa shape index (κ3) is 15.5. The smallest absolute Gasteiger partial charge is 0.313 e. The van der Waals surface area contributed by atoms with Gasteiger partial charge in [-0.15, -0.1) is 6.58 Å². The van der Waals surface area contributed by atoms with E-state index in [9.17, 15) is 0 Å². The number of methoxy groups -OCH3 is 3. The summed E-state index contributed by atoms with van der Waals surface area (Å²) in [6.45, 7) is 12.8. The van der Waals surface area contributed by atoms with Crippen LogP contribution in [-0.2, 0) is 18.9 Å². The maximum Gasteiger partial charge on any atom is 0.313 e. The van der Waals surface area contributed by atoms with Crippen LogP contribution in [0.15, 0.2) is 12.7 Å². The van der Waals surface area contributed by atoms with Crippen LogP contribution in [0.25, 0.3) is 0 Å². The molecule has 34 heavy (non-hydrogen) atoms. The minimum absolute atomic E-state index is 0.562. The Morgan fingerprint density at radius 3 is 1.32 bits per heavy atom. The normalized spacial score (nSPS) is 13.3. The minimum atomic E-state index is -1.15. The number of hydrogen-bond acceptors (Lipinski definition) is 4. The number of ether oxygens (including phenoxy) is 4. The van der Waals surface area contributed by atoms with Crippen molar-refractivity contribution in [1.82, 2.24) is 0 Å². The zero-order valence-corrected chi connectivity index (χ0v) is 24.4. The maximum atomic E-state index is 6.67. The van der Waals surface area contributed by atoms with Crippen molar-refractivity contribution in [3.63, 3.8) is 0 Å². The maximum absolute atomic E-state index is 6.67. The summed E-state index contributed by atoms with van der Waals surface area (Å²) in [5.74, 6) is -1.15. The first kappa shape index (κ1) is 35.7. The Hall–Kier alpha value is -0.420. The van der Waals surface area contributed by atoms with Gasteiger partial charge in [0.05, 0.1) is 0 Å². The van der Waals surface area contributed by atoms with E-state index in [0.29, 0.717) is 0 Å². The highest BCUT2D eigenvalue weighted by Crippen LogP contribution is 2.40. The van der Waals surface area contributed by atoms with Crippen LogP contribution in [0.5, 0.6) is 0 Å². The third-order valence-electron chi connectivity index (χ3n) is 6.61. The Kier molecular flexibility index (Phi) is 27.0. The first-order valence-corrected chi connectivity index (χ1v) is 14.4. The first-order valence-electron chi connectivity index (χ1n) is 14.4. The van der Waals surface area contributed by atoms with E-state index in [1.54, 1.807) is 27.4 Å². The molecule has 0 aliphatic heterocycles. The van der Waals surface area contributed by atoms with Gasteiger partial charge in [-0.25, -0.2) is 0 Å². The largest absolute Gasteiger partial charge is 0.367 e. The minimum Gasteiger partial charge on any atom is -0.367 e. The number of allylic oxidation sites excluding steroid dienone is 1. The standard InChI is InChI=1S/C27H56O4.C3H6/c1-7-10-13-15-17-18-20-22-25-31-26(23-12-9-3,27(28-4,29-5)30-6)24-21-19-16-14-11-8-2;1-3-2/h7-25H2,1-6H3;3H,1H2,2H3. The van der Waals surface area contributed by atoms with Crippen molar-refractivity contribution in [2.24, 2.45) is 0 Å².